The Kier molecular flexibility index (Phi) is 4.19. The lowest BCUT2D eigenvalue weighted by molar-refractivity contribution is 0.390. The number of rotatable bonds is 3. The Morgan fingerprint density at radius 2 is 1.83 bits per heavy atom. The zero-order chi connectivity index (χ0) is 13.1. The van der Waals surface area contributed by atoms with Crippen LogP contribution in [0.3, 0.4) is 0 Å². The fourth-order valence-corrected chi connectivity index (χ4v) is 2.56. The third kappa shape index (κ3) is 2.49. The van der Waals surface area contributed by atoms with E-state index in [-0.39, 0.29) is 0 Å². The number of methoxy groups -OCH3 is 2. The molecule has 1 aromatic heterocycles. The molecule has 94 valence electrons. The Hall–Kier alpha value is -1.14. The summed E-state index contributed by atoms with van der Waals surface area (Å²) < 4.78 is 12.1. The summed E-state index contributed by atoms with van der Waals surface area (Å²) in [4.78, 5) is 8.24. The van der Waals surface area contributed by atoms with Gasteiger partial charge in [0.15, 0.2) is 0 Å². The lowest BCUT2D eigenvalue weighted by Gasteiger charge is -2.12. The maximum Gasteiger partial charge on any atom is 0.146 e. The van der Waals surface area contributed by atoms with Gasteiger partial charge in [-0.2, -0.15) is 0 Å². The van der Waals surface area contributed by atoms with Crippen molar-refractivity contribution in [3.05, 3.63) is 33.6 Å². The van der Waals surface area contributed by atoms with Gasteiger partial charge >= 0.3 is 0 Å². The molecular formula is C12H10Br2N2O2. The number of hydrogen-bond donors (Lipinski definition) is 0. The third-order valence-corrected chi connectivity index (χ3v) is 3.58. The molecule has 0 aliphatic heterocycles. The minimum atomic E-state index is 0.681. The van der Waals surface area contributed by atoms with Crippen molar-refractivity contribution in [1.29, 1.82) is 0 Å². The van der Waals surface area contributed by atoms with Gasteiger partial charge in [0.1, 0.15) is 26.9 Å². The maximum absolute atomic E-state index is 5.41. The highest BCUT2D eigenvalue weighted by atomic mass is 79.9. The van der Waals surface area contributed by atoms with Crippen molar-refractivity contribution in [2.45, 2.75) is 0 Å². The smallest absolute Gasteiger partial charge is 0.146 e. The summed E-state index contributed by atoms with van der Waals surface area (Å²) in [5, 5.41) is 0. The maximum atomic E-state index is 5.41. The summed E-state index contributed by atoms with van der Waals surface area (Å²) in [5.41, 5.74) is 1.64. The predicted molar refractivity (Wildman–Crippen MR) is 76.0 cm³/mol. The Bertz CT molecular complexity index is 576. The number of aromatic nitrogens is 2. The number of nitrogens with zero attached hydrogens (tertiary/aromatic N) is 2. The third-order valence-electron chi connectivity index (χ3n) is 2.40. The van der Waals surface area contributed by atoms with Gasteiger partial charge in [-0.05, 0) is 50.1 Å². The van der Waals surface area contributed by atoms with Gasteiger partial charge in [0, 0.05) is 5.56 Å². The van der Waals surface area contributed by atoms with E-state index < -0.39 is 0 Å². The van der Waals surface area contributed by atoms with Crippen LogP contribution in [0.25, 0.3) is 11.3 Å². The largest absolute Gasteiger partial charge is 0.495 e. The van der Waals surface area contributed by atoms with Crippen molar-refractivity contribution in [3.63, 3.8) is 0 Å². The first kappa shape index (κ1) is 13.3. The molecule has 0 radical (unpaired) electrons. The Labute approximate surface area is 122 Å². The molecule has 0 amide bonds. The van der Waals surface area contributed by atoms with Crippen molar-refractivity contribution >= 4 is 31.9 Å². The first-order valence-corrected chi connectivity index (χ1v) is 6.64. The molecule has 0 unspecified atom stereocenters. The van der Waals surface area contributed by atoms with Crippen LogP contribution >= 0.6 is 31.9 Å². The molecular weight excluding hydrogens is 364 g/mol. The molecule has 4 nitrogen and oxygen atoms in total. The zero-order valence-corrected chi connectivity index (χ0v) is 12.9. The molecule has 0 aliphatic rings. The molecule has 0 atom stereocenters. The first-order valence-electron chi connectivity index (χ1n) is 5.05. The van der Waals surface area contributed by atoms with Crippen LogP contribution in [-0.2, 0) is 0 Å². The van der Waals surface area contributed by atoms with Crippen molar-refractivity contribution < 1.29 is 9.47 Å². The second-order valence-electron chi connectivity index (χ2n) is 3.39. The summed E-state index contributed by atoms with van der Waals surface area (Å²) in [6.07, 6.45) is 1.50. The predicted octanol–water partition coefficient (Wildman–Crippen LogP) is 3.69. The van der Waals surface area contributed by atoms with Gasteiger partial charge < -0.3 is 9.47 Å². The molecule has 18 heavy (non-hydrogen) atoms. The average molecular weight is 374 g/mol. The second-order valence-corrected chi connectivity index (χ2v) is 4.99. The molecule has 2 rings (SSSR count). The summed E-state index contributed by atoms with van der Waals surface area (Å²) >= 11 is 6.79. The molecule has 2 aromatic rings. The summed E-state index contributed by atoms with van der Waals surface area (Å²) in [6, 6.07) is 5.59. The van der Waals surface area contributed by atoms with Crippen LogP contribution in [0.5, 0.6) is 11.5 Å². The van der Waals surface area contributed by atoms with Crippen LogP contribution in [-0.4, -0.2) is 24.2 Å². The molecule has 0 aliphatic carbocycles. The van der Waals surface area contributed by atoms with Gasteiger partial charge in [-0.1, -0.05) is 0 Å². The monoisotopic (exact) mass is 372 g/mol. The minimum Gasteiger partial charge on any atom is -0.495 e. The highest BCUT2D eigenvalue weighted by Gasteiger charge is 2.15. The van der Waals surface area contributed by atoms with E-state index in [1.165, 1.54) is 6.33 Å². The molecule has 1 aromatic carbocycles. The second kappa shape index (κ2) is 5.67. The fourth-order valence-electron chi connectivity index (χ4n) is 1.58. The Balaban J connectivity index is 2.61. The highest BCUT2D eigenvalue weighted by Crippen LogP contribution is 2.41. The molecule has 0 saturated carbocycles. The lowest BCUT2D eigenvalue weighted by atomic mass is 10.1. The number of benzene rings is 1. The number of halogens is 2. The van der Waals surface area contributed by atoms with Crippen molar-refractivity contribution in [1.82, 2.24) is 9.97 Å². The lowest BCUT2D eigenvalue weighted by Crippen LogP contribution is -1.94. The molecule has 0 fully saturated rings. The quantitative estimate of drug-likeness (QED) is 0.769. The zero-order valence-electron chi connectivity index (χ0n) is 9.78. The van der Waals surface area contributed by atoms with E-state index in [0.717, 1.165) is 20.3 Å². The van der Waals surface area contributed by atoms with Gasteiger partial charge in [-0.3, -0.25) is 0 Å². The van der Waals surface area contributed by atoms with Crippen LogP contribution in [0.4, 0.5) is 0 Å². The van der Waals surface area contributed by atoms with Crippen molar-refractivity contribution in [2.24, 2.45) is 0 Å². The van der Waals surface area contributed by atoms with E-state index in [1.54, 1.807) is 14.2 Å². The SMILES string of the molecule is COc1ccc(-c2cc(Br)ncn2)c(OC)c1Br. The summed E-state index contributed by atoms with van der Waals surface area (Å²) in [6.45, 7) is 0. The summed E-state index contributed by atoms with van der Waals surface area (Å²) in [7, 11) is 3.22. The van der Waals surface area contributed by atoms with Gasteiger partial charge in [-0.15, -0.1) is 0 Å². The molecule has 1 heterocycles. The van der Waals surface area contributed by atoms with Crippen LogP contribution in [0, 0.1) is 0 Å². The van der Waals surface area contributed by atoms with Crippen molar-refractivity contribution in [3.8, 4) is 22.8 Å². The van der Waals surface area contributed by atoms with Gasteiger partial charge in [0.05, 0.1) is 19.9 Å². The van der Waals surface area contributed by atoms with E-state index in [1.807, 2.05) is 18.2 Å². The van der Waals surface area contributed by atoms with Crippen LogP contribution < -0.4 is 9.47 Å². The van der Waals surface area contributed by atoms with E-state index >= 15 is 0 Å². The van der Waals surface area contributed by atoms with Gasteiger partial charge in [0.25, 0.3) is 0 Å². The van der Waals surface area contributed by atoms with Gasteiger partial charge in [0.2, 0.25) is 0 Å². The fraction of sp³-hybridized carbons (Fsp3) is 0.167. The van der Waals surface area contributed by atoms with Crippen LogP contribution in [0.1, 0.15) is 0 Å². The van der Waals surface area contributed by atoms with Crippen LogP contribution in [0.15, 0.2) is 33.6 Å². The Morgan fingerprint density at radius 3 is 2.44 bits per heavy atom. The normalized spacial score (nSPS) is 10.2. The number of ether oxygens (including phenoxy) is 2. The highest BCUT2D eigenvalue weighted by molar-refractivity contribution is 9.10. The first-order chi connectivity index (χ1) is 8.67. The average Bonchev–Trinajstić information content (AvgIpc) is 2.38. The van der Waals surface area contributed by atoms with E-state index in [4.69, 9.17) is 9.47 Å². The number of hydrogen-bond acceptors (Lipinski definition) is 4. The molecule has 0 spiro atoms. The topological polar surface area (TPSA) is 44.2 Å². The van der Waals surface area contributed by atoms with Crippen molar-refractivity contribution in [2.75, 3.05) is 14.2 Å². The van der Waals surface area contributed by atoms with Gasteiger partial charge in [-0.25, -0.2) is 9.97 Å². The molecule has 6 heteroatoms. The van der Waals surface area contributed by atoms with E-state index in [2.05, 4.69) is 41.8 Å². The molecule has 0 bridgehead atoms. The van der Waals surface area contributed by atoms with E-state index in [9.17, 15) is 0 Å². The summed E-state index contributed by atoms with van der Waals surface area (Å²) in [5.74, 6) is 1.39. The minimum absolute atomic E-state index is 0.681. The molecule has 0 saturated heterocycles. The Morgan fingerprint density at radius 1 is 1.06 bits per heavy atom. The van der Waals surface area contributed by atoms with Crippen LogP contribution in [0.2, 0.25) is 0 Å². The van der Waals surface area contributed by atoms with E-state index in [0.29, 0.717) is 11.5 Å². The standard InChI is InChI=1S/C12H10Br2N2O2/c1-17-9-4-3-7(12(18-2)11(9)14)8-5-10(13)16-6-15-8/h3-6H,1-2H3. The molecule has 0 N–H and O–H groups in total.